The molecule has 0 amide bonds. The topological polar surface area (TPSA) is 78.5 Å². The van der Waals surface area contributed by atoms with E-state index < -0.39 is 5.97 Å². The molecule has 29 heavy (non-hydrogen) atoms. The summed E-state index contributed by atoms with van der Waals surface area (Å²) in [7, 11) is 1.34. The maximum atomic E-state index is 12.6. The highest BCUT2D eigenvalue weighted by Gasteiger charge is 2.22. The van der Waals surface area contributed by atoms with Gasteiger partial charge in [0.1, 0.15) is 15.5 Å². The molecule has 0 radical (unpaired) electrons. The van der Waals surface area contributed by atoms with Gasteiger partial charge >= 0.3 is 5.97 Å². The first-order valence-electron chi connectivity index (χ1n) is 9.24. The number of aromatic amines is 1. The Morgan fingerprint density at radius 3 is 2.52 bits per heavy atom. The standard InChI is InChI=1S/C19H21BrN4O3S2/c1-11-15-17(25)21-14(22-18(15)29-16(11)19(26)27-2)10-24-7-5-23(6-8-24)9-12-3-4-13(20)28-12/h3-4H,5-10H2,1-2H3,(H,21,22,25). The van der Waals surface area contributed by atoms with Crippen LogP contribution < -0.4 is 5.56 Å². The molecule has 7 nitrogen and oxygen atoms in total. The van der Waals surface area contributed by atoms with Crippen LogP contribution >= 0.6 is 38.6 Å². The zero-order valence-electron chi connectivity index (χ0n) is 16.2. The highest BCUT2D eigenvalue weighted by molar-refractivity contribution is 9.11. The summed E-state index contributed by atoms with van der Waals surface area (Å²) < 4.78 is 5.97. The summed E-state index contributed by atoms with van der Waals surface area (Å²) in [6, 6.07) is 4.25. The van der Waals surface area contributed by atoms with Crippen LogP contribution in [0.4, 0.5) is 0 Å². The largest absolute Gasteiger partial charge is 0.465 e. The van der Waals surface area contributed by atoms with Crippen LogP contribution in [0, 0.1) is 6.92 Å². The molecule has 3 aromatic rings. The van der Waals surface area contributed by atoms with Crippen molar-refractivity contribution in [3.63, 3.8) is 0 Å². The number of aryl methyl sites for hydroxylation is 1. The summed E-state index contributed by atoms with van der Waals surface area (Å²) in [6.45, 7) is 7.12. The molecule has 0 unspecified atom stereocenters. The smallest absolute Gasteiger partial charge is 0.348 e. The third kappa shape index (κ3) is 4.46. The van der Waals surface area contributed by atoms with Crippen molar-refractivity contribution < 1.29 is 9.53 Å². The average molecular weight is 497 g/mol. The quantitative estimate of drug-likeness (QED) is 0.546. The van der Waals surface area contributed by atoms with Crippen molar-refractivity contribution in [2.45, 2.75) is 20.0 Å². The molecular weight excluding hydrogens is 476 g/mol. The van der Waals surface area contributed by atoms with Crippen LogP contribution in [0.15, 0.2) is 20.7 Å². The minimum atomic E-state index is -0.430. The molecule has 0 aromatic carbocycles. The van der Waals surface area contributed by atoms with E-state index in [9.17, 15) is 9.59 Å². The van der Waals surface area contributed by atoms with E-state index in [1.165, 1.54) is 23.3 Å². The highest BCUT2D eigenvalue weighted by atomic mass is 79.9. The minimum Gasteiger partial charge on any atom is -0.465 e. The molecule has 4 rings (SSSR count). The van der Waals surface area contributed by atoms with Crippen LogP contribution in [0.3, 0.4) is 0 Å². The molecular formula is C19H21BrN4O3S2. The number of carbonyl (C=O) groups is 1. The van der Waals surface area contributed by atoms with E-state index in [0.29, 0.717) is 33.0 Å². The Hall–Kier alpha value is -1.59. The SMILES string of the molecule is COC(=O)c1sc2nc(CN3CCN(Cc4ccc(Br)s4)CC3)[nH]c(=O)c2c1C. The Morgan fingerprint density at radius 2 is 1.90 bits per heavy atom. The molecule has 1 aliphatic heterocycles. The van der Waals surface area contributed by atoms with E-state index in [1.54, 1.807) is 18.3 Å². The highest BCUT2D eigenvalue weighted by Crippen LogP contribution is 2.28. The molecule has 0 aliphatic carbocycles. The first-order valence-corrected chi connectivity index (χ1v) is 11.7. The number of hydrogen-bond acceptors (Lipinski definition) is 8. The predicted molar refractivity (Wildman–Crippen MR) is 119 cm³/mol. The van der Waals surface area contributed by atoms with E-state index >= 15 is 0 Å². The number of carbonyl (C=O) groups excluding carboxylic acids is 1. The summed E-state index contributed by atoms with van der Waals surface area (Å²) in [5, 5.41) is 0.478. The number of H-pyrrole nitrogens is 1. The fourth-order valence-electron chi connectivity index (χ4n) is 3.53. The second-order valence-corrected chi connectivity index (χ2v) is 10.5. The number of piperazine rings is 1. The normalized spacial score (nSPS) is 15.8. The number of methoxy groups -OCH3 is 1. The Morgan fingerprint density at radius 1 is 1.21 bits per heavy atom. The molecule has 154 valence electrons. The Kier molecular flexibility index (Phi) is 6.16. The van der Waals surface area contributed by atoms with Crippen LogP contribution in [0.2, 0.25) is 0 Å². The van der Waals surface area contributed by atoms with Gasteiger partial charge in [-0.2, -0.15) is 0 Å². The van der Waals surface area contributed by atoms with Crippen molar-refractivity contribution in [1.29, 1.82) is 0 Å². The second-order valence-electron chi connectivity index (χ2n) is 7.00. The Labute approximate surface area is 184 Å². The zero-order chi connectivity index (χ0) is 20.5. The van der Waals surface area contributed by atoms with Crippen LogP contribution in [-0.4, -0.2) is 59.0 Å². The van der Waals surface area contributed by atoms with Crippen LogP contribution in [0.25, 0.3) is 10.2 Å². The zero-order valence-corrected chi connectivity index (χ0v) is 19.4. The fourth-order valence-corrected chi connectivity index (χ4v) is 6.17. The molecule has 1 fully saturated rings. The van der Waals surface area contributed by atoms with Gasteiger partial charge in [0, 0.05) is 37.6 Å². The van der Waals surface area contributed by atoms with Crippen LogP contribution in [-0.2, 0) is 17.8 Å². The van der Waals surface area contributed by atoms with E-state index in [2.05, 4.69) is 47.8 Å². The number of rotatable bonds is 5. The Bertz CT molecular complexity index is 1100. The van der Waals surface area contributed by atoms with Gasteiger partial charge < -0.3 is 9.72 Å². The van der Waals surface area contributed by atoms with Crippen molar-refractivity contribution >= 4 is 54.8 Å². The average Bonchev–Trinajstić information content (AvgIpc) is 3.25. The van der Waals surface area contributed by atoms with Gasteiger partial charge in [-0.1, -0.05) is 0 Å². The van der Waals surface area contributed by atoms with Crippen molar-refractivity contribution in [3.8, 4) is 0 Å². The summed E-state index contributed by atoms with van der Waals surface area (Å²) >= 11 is 6.50. The van der Waals surface area contributed by atoms with Gasteiger partial charge in [-0.3, -0.25) is 14.6 Å². The van der Waals surface area contributed by atoms with Gasteiger partial charge in [0.15, 0.2) is 0 Å². The number of thiophene rings is 2. The van der Waals surface area contributed by atoms with E-state index in [1.807, 2.05) is 0 Å². The van der Waals surface area contributed by atoms with Crippen LogP contribution in [0.1, 0.15) is 25.9 Å². The number of ether oxygens (including phenoxy) is 1. The fraction of sp³-hybridized carbons (Fsp3) is 0.421. The van der Waals surface area contributed by atoms with Crippen LogP contribution in [0.5, 0.6) is 0 Å². The molecule has 1 N–H and O–H groups in total. The molecule has 0 bridgehead atoms. The molecule has 3 aromatic heterocycles. The van der Waals surface area contributed by atoms with Crippen molar-refractivity contribution in [2.75, 3.05) is 33.3 Å². The number of hydrogen-bond donors (Lipinski definition) is 1. The molecule has 1 aliphatic rings. The number of halogens is 1. The third-order valence-electron chi connectivity index (χ3n) is 5.07. The number of esters is 1. The second kappa shape index (κ2) is 8.65. The number of fused-ring (bicyclic) bond motifs is 1. The lowest BCUT2D eigenvalue weighted by Gasteiger charge is -2.34. The maximum Gasteiger partial charge on any atom is 0.348 e. The van der Waals surface area contributed by atoms with Crippen molar-refractivity contribution in [3.05, 3.63) is 47.4 Å². The van der Waals surface area contributed by atoms with E-state index in [0.717, 1.165) is 36.5 Å². The number of nitrogens with one attached hydrogen (secondary N) is 1. The van der Waals surface area contributed by atoms with E-state index in [-0.39, 0.29) is 5.56 Å². The minimum absolute atomic E-state index is 0.198. The van der Waals surface area contributed by atoms with Gasteiger partial charge in [-0.05, 0) is 40.5 Å². The first kappa shape index (κ1) is 20.7. The lowest BCUT2D eigenvalue weighted by molar-refractivity contribution is 0.0605. The summed E-state index contributed by atoms with van der Waals surface area (Å²) in [4.78, 5) is 39.1. The van der Waals surface area contributed by atoms with Crippen molar-refractivity contribution in [1.82, 2.24) is 19.8 Å². The number of nitrogens with zero attached hydrogens (tertiary/aromatic N) is 3. The predicted octanol–water partition coefficient (Wildman–Crippen LogP) is 3.22. The molecule has 0 spiro atoms. The van der Waals surface area contributed by atoms with E-state index in [4.69, 9.17) is 4.74 Å². The molecule has 4 heterocycles. The van der Waals surface area contributed by atoms with Gasteiger partial charge in [-0.15, -0.1) is 22.7 Å². The monoisotopic (exact) mass is 496 g/mol. The third-order valence-corrected chi connectivity index (χ3v) is 7.84. The van der Waals surface area contributed by atoms with Gasteiger partial charge in [0.05, 0.1) is 22.8 Å². The Balaban J connectivity index is 1.43. The summed E-state index contributed by atoms with van der Waals surface area (Å²) in [5.74, 6) is 0.205. The molecule has 10 heteroatoms. The maximum absolute atomic E-state index is 12.6. The summed E-state index contributed by atoms with van der Waals surface area (Å²) in [5.41, 5.74) is 0.432. The lowest BCUT2D eigenvalue weighted by atomic mass is 10.2. The molecule has 0 atom stereocenters. The van der Waals surface area contributed by atoms with Gasteiger partial charge in [-0.25, -0.2) is 9.78 Å². The lowest BCUT2D eigenvalue weighted by Crippen LogP contribution is -2.45. The molecule has 1 saturated heterocycles. The first-order chi connectivity index (χ1) is 13.9. The van der Waals surface area contributed by atoms with Gasteiger partial charge in [0.25, 0.3) is 5.56 Å². The summed E-state index contributed by atoms with van der Waals surface area (Å²) in [6.07, 6.45) is 0. The van der Waals surface area contributed by atoms with Crippen molar-refractivity contribution in [2.24, 2.45) is 0 Å². The molecule has 0 saturated carbocycles. The van der Waals surface area contributed by atoms with Gasteiger partial charge in [0.2, 0.25) is 0 Å². The number of aromatic nitrogens is 2.